The van der Waals surface area contributed by atoms with Gasteiger partial charge in [0.05, 0.1) is 12.8 Å². The van der Waals surface area contributed by atoms with E-state index >= 15 is 0 Å². The van der Waals surface area contributed by atoms with Crippen molar-refractivity contribution < 1.29 is 19.3 Å². The molecule has 0 radical (unpaired) electrons. The molecule has 2 saturated heterocycles. The highest BCUT2D eigenvalue weighted by molar-refractivity contribution is 7.99. The number of nitrogens with zero attached hydrogens (tertiary/aromatic N) is 5. The van der Waals surface area contributed by atoms with Crippen LogP contribution in [0.2, 0.25) is 0 Å². The van der Waals surface area contributed by atoms with Crippen LogP contribution in [0.15, 0.2) is 41.1 Å². The van der Waals surface area contributed by atoms with E-state index in [0.29, 0.717) is 11.3 Å². The first-order chi connectivity index (χ1) is 15.2. The third kappa shape index (κ3) is 3.87. The zero-order valence-corrected chi connectivity index (χ0v) is 18.1. The maximum Gasteiger partial charge on any atom is 0.145 e. The lowest BCUT2D eigenvalue weighted by Crippen LogP contribution is -2.55. The van der Waals surface area contributed by atoms with Crippen molar-refractivity contribution in [2.24, 2.45) is 0 Å². The quantitative estimate of drug-likeness (QED) is 0.572. The molecule has 0 spiro atoms. The number of aromatic nitrogens is 5. The zero-order chi connectivity index (χ0) is 21.4. The summed E-state index contributed by atoms with van der Waals surface area (Å²) in [5.74, 6) is 2.59. The van der Waals surface area contributed by atoms with Gasteiger partial charge in [-0.25, -0.2) is 9.67 Å². The summed E-state index contributed by atoms with van der Waals surface area (Å²) in [6.07, 6.45) is 10.3. The largest absolute Gasteiger partial charge is 0.388 e. The van der Waals surface area contributed by atoms with Gasteiger partial charge in [-0.2, -0.15) is 0 Å². The average Bonchev–Trinajstić information content (AvgIpc) is 3.55. The Hall–Kier alpha value is -2.33. The van der Waals surface area contributed by atoms with Crippen LogP contribution in [0.5, 0.6) is 0 Å². The fourth-order valence-electron chi connectivity index (χ4n) is 3.87. The van der Waals surface area contributed by atoms with E-state index < -0.39 is 29.9 Å². The molecule has 31 heavy (non-hydrogen) atoms. The topological polar surface area (TPSA) is 104 Å². The molecule has 0 aromatic carbocycles. The van der Waals surface area contributed by atoms with Crippen LogP contribution < -0.4 is 0 Å². The molecule has 4 unspecified atom stereocenters. The first-order valence-electron chi connectivity index (χ1n) is 9.56. The Balaban J connectivity index is 1.48. The maximum atomic E-state index is 10.5. The molecule has 1 N–H and O–H groups in total. The van der Waals surface area contributed by atoms with Gasteiger partial charge in [0.25, 0.3) is 0 Å². The molecular weight excluding hydrogens is 438 g/mol. The van der Waals surface area contributed by atoms with Crippen LogP contribution in [0.3, 0.4) is 0 Å². The summed E-state index contributed by atoms with van der Waals surface area (Å²) in [6, 6.07) is 1.51. The second-order valence-electron chi connectivity index (χ2n) is 7.12. The molecule has 5 rings (SSSR count). The van der Waals surface area contributed by atoms with E-state index in [-0.39, 0.29) is 12.6 Å². The van der Waals surface area contributed by atoms with Gasteiger partial charge >= 0.3 is 0 Å². The Morgan fingerprint density at radius 1 is 1.39 bits per heavy atom. The number of thiazole rings is 1. The lowest BCUT2D eigenvalue weighted by atomic mass is 9.96. The van der Waals surface area contributed by atoms with Gasteiger partial charge in [-0.1, -0.05) is 22.9 Å². The highest BCUT2D eigenvalue weighted by Gasteiger charge is 2.54. The van der Waals surface area contributed by atoms with Gasteiger partial charge in [0.15, 0.2) is 0 Å². The predicted molar refractivity (Wildman–Crippen MR) is 113 cm³/mol. The smallest absolute Gasteiger partial charge is 0.145 e. The molecule has 3 aromatic heterocycles. The minimum atomic E-state index is -0.745. The van der Waals surface area contributed by atoms with Crippen molar-refractivity contribution in [3.63, 3.8) is 0 Å². The number of aliphatic hydroxyl groups excluding tert-OH is 1. The van der Waals surface area contributed by atoms with Gasteiger partial charge in [0.2, 0.25) is 0 Å². The van der Waals surface area contributed by atoms with Gasteiger partial charge in [-0.15, -0.1) is 22.9 Å². The molecule has 0 bridgehead atoms. The van der Waals surface area contributed by atoms with E-state index in [9.17, 15) is 5.11 Å². The maximum absolute atomic E-state index is 10.5. The zero-order valence-electron chi connectivity index (χ0n) is 16.4. The van der Waals surface area contributed by atoms with E-state index in [1.165, 1.54) is 23.1 Å². The molecule has 0 aliphatic carbocycles. The third-order valence-corrected chi connectivity index (χ3v) is 7.17. The van der Waals surface area contributed by atoms with Crippen molar-refractivity contribution in [3.8, 4) is 23.0 Å². The molecule has 5 heterocycles. The number of fused-ring (bicyclic) bond motifs is 1. The second-order valence-corrected chi connectivity index (χ2v) is 9.18. The monoisotopic (exact) mass is 457 g/mol. The van der Waals surface area contributed by atoms with Gasteiger partial charge in [-0.3, -0.25) is 4.98 Å². The van der Waals surface area contributed by atoms with Crippen LogP contribution in [0.1, 0.15) is 11.6 Å². The van der Waals surface area contributed by atoms with Crippen LogP contribution in [-0.2, 0) is 14.2 Å². The minimum absolute atomic E-state index is 0.182. The summed E-state index contributed by atoms with van der Waals surface area (Å²) in [6.45, 7) is 0.182. The molecule has 11 heteroatoms. The Labute approximate surface area is 186 Å². The SMILES string of the molecule is C#Cc1cncc(S[C@H]2OC3C(O)CO[C@@H]3C(n3cc(-c4nccs4)nn3)C2OC)c1. The Bertz CT molecular complexity index is 1090. The summed E-state index contributed by atoms with van der Waals surface area (Å²) in [5, 5.41) is 21.8. The Kier molecular flexibility index (Phi) is 5.75. The van der Waals surface area contributed by atoms with Crippen molar-refractivity contribution in [1.82, 2.24) is 25.0 Å². The van der Waals surface area contributed by atoms with Crippen molar-refractivity contribution in [2.75, 3.05) is 13.7 Å². The van der Waals surface area contributed by atoms with Crippen LogP contribution in [0, 0.1) is 12.3 Å². The summed E-state index contributed by atoms with van der Waals surface area (Å²) in [4.78, 5) is 9.34. The van der Waals surface area contributed by atoms with Crippen molar-refractivity contribution in [2.45, 2.75) is 40.8 Å². The van der Waals surface area contributed by atoms with Crippen LogP contribution in [0.4, 0.5) is 0 Å². The fourth-order valence-corrected chi connectivity index (χ4v) is 5.63. The number of hydrogen-bond donors (Lipinski definition) is 1. The van der Waals surface area contributed by atoms with Crippen molar-refractivity contribution in [1.29, 1.82) is 0 Å². The fraction of sp³-hybridized carbons (Fsp3) is 0.400. The standard InChI is InChI=1S/C20H19N5O4S2/c1-3-11-6-12(8-21-7-11)31-20-18(27-2)15(17-16(29-20)14(26)10-28-17)25-9-13(23-24-25)19-22-4-5-30-19/h1,4-9,14-18,20,26H,10H2,2H3/t14?,15?,16?,17-,18?,20-/m1/s1. The van der Waals surface area contributed by atoms with E-state index in [0.717, 1.165) is 9.90 Å². The predicted octanol–water partition coefficient (Wildman–Crippen LogP) is 1.61. The summed E-state index contributed by atoms with van der Waals surface area (Å²) < 4.78 is 19.7. The van der Waals surface area contributed by atoms with Crippen LogP contribution >= 0.6 is 23.1 Å². The number of pyridine rings is 1. The molecule has 0 amide bonds. The molecule has 6 atom stereocenters. The Morgan fingerprint density at radius 2 is 2.29 bits per heavy atom. The van der Waals surface area contributed by atoms with Crippen LogP contribution in [0.25, 0.3) is 10.7 Å². The van der Waals surface area contributed by atoms with E-state index in [1.54, 1.807) is 30.4 Å². The second kappa shape index (κ2) is 8.66. The molecule has 0 saturated carbocycles. The lowest BCUT2D eigenvalue weighted by molar-refractivity contribution is -0.170. The molecule has 160 valence electrons. The summed E-state index contributed by atoms with van der Waals surface area (Å²) >= 11 is 2.92. The van der Waals surface area contributed by atoms with E-state index in [4.69, 9.17) is 20.6 Å². The summed E-state index contributed by atoms with van der Waals surface area (Å²) in [7, 11) is 1.62. The number of hydrogen-bond acceptors (Lipinski definition) is 10. The Morgan fingerprint density at radius 3 is 3.06 bits per heavy atom. The third-order valence-electron chi connectivity index (χ3n) is 5.27. The molecule has 3 aromatic rings. The van der Waals surface area contributed by atoms with E-state index in [1.807, 2.05) is 17.6 Å². The number of thioether (sulfide) groups is 1. The molecule has 2 aliphatic rings. The normalized spacial score (nSPS) is 30.1. The number of terminal acetylenes is 1. The van der Waals surface area contributed by atoms with Crippen LogP contribution in [-0.4, -0.2) is 73.6 Å². The number of ether oxygens (including phenoxy) is 3. The van der Waals surface area contributed by atoms with E-state index in [2.05, 4.69) is 26.2 Å². The molecule has 2 fully saturated rings. The minimum Gasteiger partial charge on any atom is -0.388 e. The van der Waals surface area contributed by atoms with Gasteiger partial charge in [0, 0.05) is 41.5 Å². The van der Waals surface area contributed by atoms with Crippen molar-refractivity contribution >= 4 is 23.1 Å². The molecule has 2 aliphatic heterocycles. The summed E-state index contributed by atoms with van der Waals surface area (Å²) in [5.41, 5.74) is 0.898. The van der Waals surface area contributed by atoms with Crippen molar-refractivity contribution in [3.05, 3.63) is 41.8 Å². The van der Waals surface area contributed by atoms with Gasteiger partial charge in [-0.05, 0) is 6.07 Å². The molecule has 9 nitrogen and oxygen atoms in total. The first-order valence-corrected chi connectivity index (χ1v) is 11.3. The number of aliphatic hydroxyl groups is 1. The average molecular weight is 458 g/mol. The van der Waals surface area contributed by atoms with Gasteiger partial charge < -0.3 is 19.3 Å². The molecular formula is C20H19N5O4S2. The number of rotatable bonds is 5. The highest BCUT2D eigenvalue weighted by Crippen LogP contribution is 2.43. The highest BCUT2D eigenvalue weighted by atomic mass is 32.2. The van der Waals surface area contributed by atoms with Gasteiger partial charge in [0.1, 0.15) is 46.6 Å². The lowest BCUT2D eigenvalue weighted by Gasteiger charge is -2.43. The number of methoxy groups -OCH3 is 1. The first kappa shape index (κ1) is 20.6.